The van der Waals surface area contributed by atoms with E-state index in [0.717, 1.165) is 51.4 Å². The van der Waals surface area contributed by atoms with E-state index in [0.29, 0.717) is 36.0 Å². The molecule has 0 heterocycles. The van der Waals surface area contributed by atoms with Crippen molar-refractivity contribution in [1.82, 2.24) is 0 Å². The van der Waals surface area contributed by atoms with Crippen LogP contribution in [0.5, 0.6) is 0 Å². The second kappa shape index (κ2) is 9.14. The molecule has 11 atom stereocenters. The van der Waals surface area contributed by atoms with Gasteiger partial charge >= 0.3 is 11.9 Å². The third kappa shape index (κ3) is 4.13. The summed E-state index contributed by atoms with van der Waals surface area (Å²) in [5.41, 5.74) is -0.159. The first kappa shape index (κ1) is 25.0. The van der Waals surface area contributed by atoms with Crippen molar-refractivity contribution in [3.8, 4) is 0 Å². The fourth-order valence-electron chi connectivity index (χ4n) is 9.11. The molecular formula is C27H44O6. The van der Waals surface area contributed by atoms with Gasteiger partial charge < -0.3 is 19.7 Å². The zero-order valence-corrected chi connectivity index (χ0v) is 21.1. The molecule has 0 spiro atoms. The molecule has 6 heteroatoms. The maximum Gasteiger partial charge on any atom is 0.305 e. The summed E-state index contributed by atoms with van der Waals surface area (Å²) in [6.45, 7) is 8.31. The summed E-state index contributed by atoms with van der Waals surface area (Å²) in [4.78, 5) is 23.2. The van der Waals surface area contributed by atoms with Crippen LogP contribution in [0.25, 0.3) is 0 Å². The Hall–Kier alpha value is -1.14. The van der Waals surface area contributed by atoms with Crippen molar-refractivity contribution in [2.75, 3.05) is 7.11 Å². The SMILES string of the molecule is COC(=O)CC[C@H](C)[C@H]1CC[C@H]2[C@@H]3[C@H](O)C[C@H]4C[C@@H](OC(C)=O)CC[C@]4(C)[C@H]3C[C@H](O)[C@]12C. The number of esters is 2. The second-order valence-corrected chi connectivity index (χ2v) is 12.2. The van der Waals surface area contributed by atoms with Crippen LogP contribution in [0.15, 0.2) is 0 Å². The lowest BCUT2D eigenvalue weighted by molar-refractivity contribution is -0.209. The molecule has 0 aromatic rings. The smallest absolute Gasteiger partial charge is 0.305 e. The van der Waals surface area contributed by atoms with Gasteiger partial charge in [-0.1, -0.05) is 20.8 Å². The molecule has 0 aromatic heterocycles. The molecule has 4 fully saturated rings. The Bertz CT molecular complexity index is 753. The number of rotatable bonds is 5. The monoisotopic (exact) mass is 464 g/mol. The van der Waals surface area contributed by atoms with Crippen LogP contribution in [0, 0.1) is 46.3 Å². The molecule has 0 unspecified atom stereocenters. The van der Waals surface area contributed by atoms with Crippen LogP contribution in [0.2, 0.25) is 0 Å². The zero-order chi connectivity index (χ0) is 24.1. The number of aliphatic hydroxyl groups is 2. The number of hydrogen-bond acceptors (Lipinski definition) is 6. The first-order chi connectivity index (χ1) is 15.5. The van der Waals surface area contributed by atoms with Gasteiger partial charge in [0.25, 0.3) is 0 Å². The third-order valence-corrected chi connectivity index (χ3v) is 10.9. The molecule has 188 valence electrons. The molecule has 0 aromatic carbocycles. The fraction of sp³-hybridized carbons (Fsp3) is 0.926. The minimum Gasteiger partial charge on any atom is -0.469 e. The summed E-state index contributed by atoms with van der Waals surface area (Å²) in [5.74, 6) is 1.41. The lowest BCUT2D eigenvalue weighted by atomic mass is 9.43. The third-order valence-electron chi connectivity index (χ3n) is 10.9. The van der Waals surface area contributed by atoms with Crippen LogP contribution in [-0.2, 0) is 19.1 Å². The zero-order valence-electron chi connectivity index (χ0n) is 21.1. The van der Waals surface area contributed by atoms with Crippen molar-refractivity contribution in [3.63, 3.8) is 0 Å². The molecule has 0 amide bonds. The van der Waals surface area contributed by atoms with Crippen LogP contribution in [0.4, 0.5) is 0 Å². The normalized spacial score (nSPS) is 47.6. The van der Waals surface area contributed by atoms with E-state index in [1.165, 1.54) is 14.0 Å². The lowest BCUT2D eigenvalue weighted by Crippen LogP contribution is -2.62. The van der Waals surface area contributed by atoms with E-state index in [1.807, 2.05) is 0 Å². The van der Waals surface area contributed by atoms with Crippen LogP contribution in [0.3, 0.4) is 0 Å². The van der Waals surface area contributed by atoms with Crippen LogP contribution in [-0.4, -0.2) is 47.6 Å². The summed E-state index contributed by atoms with van der Waals surface area (Å²) in [5, 5.41) is 23.1. The van der Waals surface area contributed by atoms with Crippen LogP contribution in [0.1, 0.15) is 85.5 Å². The average molecular weight is 465 g/mol. The maximum atomic E-state index is 11.7. The lowest BCUT2D eigenvalue weighted by Gasteiger charge is -2.63. The van der Waals surface area contributed by atoms with Crippen molar-refractivity contribution < 1.29 is 29.3 Å². The predicted molar refractivity (Wildman–Crippen MR) is 124 cm³/mol. The van der Waals surface area contributed by atoms with E-state index >= 15 is 0 Å². The van der Waals surface area contributed by atoms with E-state index < -0.39 is 6.10 Å². The Labute approximate surface area is 198 Å². The summed E-state index contributed by atoms with van der Waals surface area (Å²) in [6.07, 6.45) is 6.65. The van der Waals surface area contributed by atoms with E-state index in [-0.39, 0.29) is 40.9 Å². The molecule has 4 aliphatic carbocycles. The number of hydrogen-bond donors (Lipinski definition) is 2. The number of aliphatic hydroxyl groups excluding tert-OH is 2. The van der Waals surface area contributed by atoms with Crippen molar-refractivity contribution in [1.29, 1.82) is 0 Å². The first-order valence-electron chi connectivity index (χ1n) is 13.1. The summed E-state index contributed by atoms with van der Waals surface area (Å²) in [6, 6.07) is 0. The Morgan fingerprint density at radius 1 is 1.06 bits per heavy atom. The maximum absolute atomic E-state index is 11.7. The Morgan fingerprint density at radius 3 is 2.45 bits per heavy atom. The molecule has 2 N–H and O–H groups in total. The topological polar surface area (TPSA) is 93.1 Å². The van der Waals surface area contributed by atoms with E-state index in [1.54, 1.807) is 0 Å². The minimum absolute atomic E-state index is 0.0466. The highest BCUT2D eigenvalue weighted by molar-refractivity contribution is 5.69. The van der Waals surface area contributed by atoms with Crippen molar-refractivity contribution in [2.45, 2.75) is 104 Å². The molecular weight excluding hydrogens is 420 g/mol. The van der Waals surface area contributed by atoms with Gasteiger partial charge in [0.1, 0.15) is 6.10 Å². The Kier molecular flexibility index (Phi) is 6.92. The van der Waals surface area contributed by atoms with Gasteiger partial charge in [-0.15, -0.1) is 0 Å². The van der Waals surface area contributed by atoms with Gasteiger partial charge in [0, 0.05) is 13.3 Å². The summed E-state index contributed by atoms with van der Waals surface area (Å²) in [7, 11) is 1.43. The van der Waals surface area contributed by atoms with Gasteiger partial charge in [0.15, 0.2) is 0 Å². The molecule has 4 saturated carbocycles. The first-order valence-corrected chi connectivity index (χ1v) is 13.1. The quantitative estimate of drug-likeness (QED) is 0.595. The predicted octanol–water partition coefficient (Wildman–Crippen LogP) is 4.11. The molecule has 4 rings (SSSR count). The highest BCUT2D eigenvalue weighted by Crippen LogP contribution is 2.68. The number of carbonyl (C=O) groups is 2. The minimum atomic E-state index is -0.397. The number of carbonyl (C=O) groups excluding carboxylic acids is 2. The molecule has 0 saturated heterocycles. The molecule has 0 aliphatic heterocycles. The summed E-state index contributed by atoms with van der Waals surface area (Å²) >= 11 is 0. The molecule has 4 aliphatic rings. The number of ether oxygens (including phenoxy) is 2. The van der Waals surface area contributed by atoms with Crippen molar-refractivity contribution in [2.24, 2.45) is 46.3 Å². The van der Waals surface area contributed by atoms with Gasteiger partial charge in [0.2, 0.25) is 0 Å². The Balaban J connectivity index is 1.54. The highest BCUT2D eigenvalue weighted by Gasteiger charge is 2.65. The molecule has 6 nitrogen and oxygen atoms in total. The van der Waals surface area contributed by atoms with Crippen molar-refractivity contribution in [3.05, 3.63) is 0 Å². The average Bonchev–Trinajstić information content (AvgIpc) is 3.11. The van der Waals surface area contributed by atoms with Gasteiger partial charge in [-0.3, -0.25) is 9.59 Å². The van der Waals surface area contributed by atoms with Gasteiger partial charge in [0.05, 0.1) is 19.3 Å². The fourth-order valence-corrected chi connectivity index (χ4v) is 9.11. The molecule has 33 heavy (non-hydrogen) atoms. The molecule has 0 radical (unpaired) electrons. The molecule has 0 bridgehead atoms. The van der Waals surface area contributed by atoms with Gasteiger partial charge in [-0.05, 0) is 97.7 Å². The number of methoxy groups -OCH3 is 1. The van der Waals surface area contributed by atoms with E-state index in [4.69, 9.17) is 9.47 Å². The summed E-state index contributed by atoms with van der Waals surface area (Å²) < 4.78 is 10.4. The largest absolute Gasteiger partial charge is 0.469 e. The van der Waals surface area contributed by atoms with Crippen LogP contribution < -0.4 is 0 Å². The van der Waals surface area contributed by atoms with Crippen LogP contribution >= 0.6 is 0 Å². The van der Waals surface area contributed by atoms with Gasteiger partial charge in [-0.2, -0.15) is 0 Å². The highest BCUT2D eigenvalue weighted by atomic mass is 16.5. The van der Waals surface area contributed by atoms with E-state index in [2.05, 4.69) is 20.8 Å². The van der Waals surface area contributed by atoms with Crippen molar-refractivity contribution >= 4 is 11.9 Å². The van der Waals surface area contributed by atoms with E-state index in [9.17, 15) is 19.8 Å². The second-order valence-electron chi connectivity index (χ2n) is 12.2. The van der Waals surface area contributed by atoms with Gasteiger partial charge in [-0.25, -0.2) is 0 Å². The standard InChI is InChI=1S/C27H44O6/c1-15(6-9-24(31)32-5)19-7-8-20-25-21(14-23(30)27(19,20)4)26(3)11-10-18(33-16(2)28)12-17(26)13-22(25)29/h15,17-23,25,29-30H,6-14H2,1-5H3/t15-,17+,18-,19+,20-,21-,22+,23-,25-,26-,27+/m0/s1. The number of fused-ring (bicyclic) bond motifs is 5. The Morgan fingerprint density at radius 2 is 1.79 bits per heavy atom.